The number of nitrogens with zero attached hydrogens (tertiary/aromatic N) is 1. The molecule has 3 rings (SSSR count). The topological polar surface area (TPSA) is 58.6 Å². The molecule has 5 nitrogen and oxygen atoms in total. The predicted molar refractivity (Wildman–Crippen MR) is 92.1 cm³/mol. The predicted octanol–water partition coefficient (Wildman–Crippen LogP) is 2.60. The van der Waals surface area contributed by atoms with Crippen LogP contribution in [-0.2, 0) is 20.5 Å². The zero-order valence-electron chi connectivity index (χ0n) is 13.1. The third-order valence-electron chi connectivity index (χ3n) is 3.79. The Labute approximate surface area is 141 Å². The largest absolute Gasteiger partial charge is 0.378 e. The average molecular weight is 350 g/mol. The van der Waals surface area contributed by atoms with Crippen LogP contribution < -0.4 is 9.62 Å². The van der Waals surface area contributed by atoms with E-state index in [0.29, 0.717) is 31.9 Å². The second-order valence-corrected chi connectivity index (χ2v) is 7.33. The highest BCUT2D eigenvalue weighted by Crippen LogP contribution is 2.25. The SMILES string of the molecule is O=S(=O)(Cc1ccccc1)Nc1cc(N2CCOCC2)ccc1F. The summed E-state index contributed by atoms with van der Waals surface area (Å²) in [5.41, 5.74) is 1.39. The summed E-state index contributed by atoms with van der Waals surface area (Å²) < 4.78 is 46.3. The normalized spacial score (nSPS) is 15.3. The quantitative estimate of drug-likeness (QED) is 0.901. The monoisotopic (exact) mass is 350 g/mol. The highest BCUT2D eigenvalue weighted by atomic mass is 32.2. The maximum atomic E-state index is 14.0. The molecule has 0 saturated carbocycles. The van der Waals surface area contributed by atoms with Crippen molar-refractivity contribution in [2.75, 3.05) is 35.9 Å². The second kappa shape index (κ2) is 7.19. The molecule has 1 aliphatic rings. The number of anilines is 2. The van der Waals surface area contributed by atoms with E-state index in [-0.39, 0.29) is 11.4 Å². The van der Waals surface area contributed by atoms with Crippen molar-refractivity contribution in [2.24, 2.45) is 0 Å². The van der Waals surface area contributed by atoms with E-state index in [9.17, 15) is 12.8 Å². The van der Waals surface area contributed by atoms with Gasteiger partial charge in [0.1, 0.15) is 5.82 Å². The lowest BCUT2D eigenvalue weighted by Crippen LogP contribution is -2.36. The third-order valence-corrected chi connectivity index (χ3v) is 5.04. The van der Waals surface area contributed by atoms with Gasteiger partial charge in [0.2, 0.25) is 10.0 Å². The first-order valence-corrected chi connectivity index (χ1v) is 9.35. The third kappa shape index (κ3) is 4.24. The van der Waals surface area contributed by atoms with Crippen molar-refractivity contribution in [3.63, 3.8) is 0 Å². The second-order valence-electron chi connectivity index (χ2n) is 5.61. The molecule has 0 aromatic heterocycles. The van der Waals surface area contributed by atoms with Crippen LogP contribution in [0.4, 0.5) is 15.8 Å². The summed E-state index contributed by atoms with van der Waals surface area (Å²) >= 11 is 0. The van der Waals surface area contributed by atoms with E-state index in [1.165, 1.54) is 12.1 Å². The standard InChI is InChI=1S/C17H19FN2O3S/c18-16-7-6-15(20-8-10-23-11-9-20)12-17(16)19-24(21,22)13-14-4-2-1-3-5-14/h1-7,12,19H,8-11,13H2. The molecule has 0 amide bonds. The maximum Gasteiger partial charge on any atom is 0.237 e. The Balaban J connectivity index is 1.78. The van der Waals surface area contributed by atoms with Gasteiger partial charge < -0.3 is 9.64 Å². The van der Waals surface area contributed by atoms with Gasteiger partial charge in [-0.1, -0.05) is 30.3 Å². The molecule has 1 heterocycles. The van der Waals surface area contributed by atoms with Crippen LogP contribution in [0.3, 0.4) is 0 Å². The Kier molecular flexibility index (Phi) is 5.01. The first kappa shape index (κ1) is 16.7. The fraction of sp³-hybridized carbons (Fsp3) is 0.294. The summed E-state index contributed by atoms with van der Waals surface area (Å²) in [6.07, 6.45) is 0. The molecular formula is C17H19FN2O3S. The molecule has 0 radical (unpaired) electrons. The number of sulfonamides is 1. The van der Waals surface area contributed by atoms with Crippen molar-refractivity contribution in [3.8, 4) is 0 Å². The van der Waals surface area contributed by atoms with Gasteiger partial charge in [-0.05, 0) is 23.8 Å². The Hall–Kier alpha value is -2.12. The van der Waals surface area contributed by atoms with Crippen molar-refractivity contribution in [1.29, 1.82) is 0 Å². The molecule has 0 atom stereocenters. The lowest BCUT2D eigenvalue weighted by molar-refractivity contribution is 0.122. The summed E-state index contributed by atoms with van der Waals surface area (Å²) in [6, 6.07) is 13.3. The molecule has 0 bridgehead atoms. The number of rotatable bonds is 5. The molecule has 7 heteroatoms. The van der Waals surface area contributed by atoms with E-state index < -0.39 is 15.8 Å². The summed E-state index contributed by atoms with van der Waals surface area (Å²) in [4.78, 5) is 2.04. The minimum atomic E-state index is -3.69. The van der Waals surface area contributed by atoms with Crippen LogP contribution in [0.2, 0.25) is 0 Å². The maximum absolute atomic E-state index is 14.0. The van der Waals surface area contributed by atoms with Gasteiger partial charge in [0.05, 0.1) is 24.7 Å². The van der Waals surface area contributed by atoms with E-state index >= 15 is 0 Å². The lowest BCUT2D eigenvalue weighted by Gasteiger charge is -2.29. The van der Waals surface area contributed by atoms with Gasteiger partial charge in [0, 0.05) is 18.8 Å². The number of hydrogen-bond donors (Lipinski definition) is 1. The van der Waals surface area contributed by atoms with E-state index in [0.717, 1.165) is 5.69 Å². The van der Waals surface area contributed by atoms with Gasteiger partial charge in [-0.15, -0.1) is 0 Å². The highest BCUT2D eigenvalue weighted by molar-refractivity contribution is 7.91. The van der Waals surface area contributed by atoms with Crippen LogP contribution >= 0.6 is 0 Å². The van der Waals surface area contributed by atoms with E-state index in [2.05, 4.69) is 4.72 Å². The van der Waals surface area contributed by atoms with Crippen molar-refractivity contribution < 1.29 is 17.5 Å². The van der Waals surface area contributed by atoms with E-state index in [1.807, 2.05) is 11.0 Å². The Morgan fingerprint density at radius 2 is 1.79 bits per heavy atom. The molecule has 2 aromatic rings. The lowest BCUT2D eigenvalue weighted by atomic mass is 10.2. The molecule has 1 aliphatic heterocycles. The molecule has 128 valence electrons. The summed E-state index contributed by atoms with van der Waals surface area (Å²) in [5.74, 6) is -0.793. The van der Waals surface area contributed by atoms with Gasteiger partial charge in [-0.2, -0.15) is 0 Å². The molecule has 1 fully saturated rings. The molecule has 1 N–H and O–H groups in total. The molecule has 0 aliphatic carbocycles. The van der Waals surface area contributed by atoms with Crippen molar-refractivity contribution in [3.05, 3.63) is 59.9 Å². The van der Waals surface area contributed by atoms with Crippen LogP contribution in [0.15, 0.2) is 48.5 Å². The number of halogens is 1. The Morgan fingerprint density at radius 1 is 1.08 bits per heavy atom. The minimum Gasteiger partial charge on any atom is -0.378 e. The molecule has 1 saturated heterocycles. The average Bonchev–Trinajstić information content (AvgIpc) is 2.58. The van der Waals surface area contributed by atoms with Crippen LogP contribution in [0.1, 0.15) is 5.56 Å². The molecular weight excluding hydrogens is 331 g/mol. The van der Waals surface area contributed by atoms with Crippen LogP contribution in [0.5, 0.6) is 0 Å². The van der Waals surface area contributed by atoms with Gasteiger partial charge in [0.25, 0.3) is 0 Å². The van der Waals surface area contributed by atoms with Gasteiger partial charge >= 0.3 is 0 Å². The zero-order chi connectivity index (χ0) is 17.0. The van der Waals surface area contributed by atoms with Crippen LogP contribution in [0, 0.1) is 5.82 Å². The molecule has 0 unspecified atom stereocenters. The van der Waals surface area contributed by atoms with E-state index in [4.69, 9.17) is 4.74 Å². The number of ether oxygens (including phenoxy) is 1. The smallest absolute Gasteiger partial charge is 0.237 e. The first-order valence-electron chi connectivity index (χ1n) is 7.70. The summed E-state index contributed by atoms with van der Waals surface area (Å²) in [6.45, 7) is 2.60. The first-order chi connectivity index (χ1) is 11.5. The number of morpholine rings is 1. The number of benzene rings is 2. The van der Waals surface area contributed by atoms with Crippen LogP contribution in [0.25, 0.3) is 0 Å². The number of nitrogens with one attached hydrogen (secondary N) is 1. The fourth-order valence-electron chi connectivity index (χ4n) is 2.61. The van der Waals surface area contributed by atoms with Crippen molar-refractivity contribution in [1.82, 2.24) is 0 Å². The molecule has 2 aromatic carbocycles. The summed E-state index contributed by atoms with van der Waals surface area (Å²) in [5, 5.41) is 0. The van der Waals surface area contributed by atoms with Crippen LogP contribution in [-0.4, -0.2) is 34.7 Å². The van der Waals surface area contributed by atoms with E-state index in [1.54, 1.807) is 30.3 Å². The van der Waals surface area contributed by atoms with Crippen molar-refractivity contribution >= 4 is 21.4 Å². The van der Waals surface area contributed by atoms with Gasteiger partial charge in [-0.3, -0.25) is 4.72 Å². The van der Waals surface area contributed by atoms with Gasteiger partial charge in [0.15, 0.2) is 0 Å². The fourth-order valence-corrected chi connectivity index (χ4v) is 3.80. The highest BCUT2D eigenvalue weighted by Gasteiger charge is 2.17. The zero-order valence-corrected chi connectivity index (χ0v) is 13.9. The molecule has 24 heavy (non-hydrogen) atoms. The Morgan fingerprint density at radius 3 is 2.50 bits per heavy atom. The Bertz CT molecular complexity index is 791. The number of hydrogen-bond acceptors (Lipinski definition) is 4. The van der Waals surface area contributed by atoms with Crippen molar-refractivity contribution in [2.45, 2.75) is 5.75 Å². The van der Waals surface area contributed by atoms with Gasteiger partial charge in [-0.25, -0.2) is 12.8 Å². The summed E-state index contributed by atoms with van der Waals surface area (Å²) in [7, 11) is -3.69. The minimum absolute atomic E-state index is 0.0325. The molecule has 0 spiro atoms.